The predicted molar refractivity (Wildman–Crippen MR) is 59.1 cm³/mol. The molecule has 1 rings (SSSR count). The molecule has 1 aromatic carbocycles. The van der Waals surface area contributed by atoms with Crippen LogP contribution >= 0.6 is 15.9 Å². The molecule has 0 aliphatic carbocycles. The Morgan fingerprint density at radius 1 is 1.43 bits per heavy atom. The first-order chi connectivity index (χ1) is 6.53. The fourth-order valence-corrected chi connectivity index (χ4v) is 1.66. The molecule has 5 heteroatoms. The summed E-state index contributed by atoms with van der Waals surface area (Å²) in [6.45, 7) is 1.60. The molecular weight excluding hydrogens is 268 g/mol. The van der Waals surface area contributed by atoms with Gasteiger partial charge in [-0.2, -0.15) is 0 Å². The number of hydrogen-bond donors (Lipinski definition) is 0. The molecule has 0 saturated heterocycles. The van der Waals surface area contributed by atoms with Crippen molar-refractivity contribution >= 4 is 25.8 Å². The average molecular weight is 279 g/mol. The van der Waals surface area contributed by atoms with Crippen LogP contribution in [0.4, 0.5) is 0 Å². The van der Waals surface area contributed by atoms with Crippen LogP contribution in [0.5, 0.6) is 5.75 Å². The summed E-state index contributed by atoms with van der Waals surface area (Å²) in [5.41, 5.74) is 0. The molecule has 0 heterocycles. The van der Waals surface area contributed by atoms with Gasteiger partial charge >= 0.3 is 0 Å². The third-order valence-electron chi connectivity index (χ3n) is 1.64. The van der Waals surface area contributed by atoms with E-state index in [0.717, 1.165) is 4.47 Å². The predicted octanol–water partition coefficient (Wildman–Crippen LogP) is 2.22. The molecule has 0 atom stereocenters. The van der Waals surface area contributed by atoms with Crippen LogP contribution in [-0.4, -0.2) is 20.1 Å². The first-order valence-electron chi connectivity index (χ1n) is 4.12. The van der Waals surface area contributed by atoms with Crippen LogP contribution in [0.15, 0.2) is 28.7 Å². The van der Waals surface area contributed by atoms with Gasteiger partial charge in [0.25, 0.3) is 0 Å². The fourth-order valence-electron chi connectivity index (χ4n) is 0.798. The van der Waals surface area contributed by atoms with Crippen molar-refractivity contribution in [3.05, 3.63) is 28.7 Å². The average Bonchev–Trinajstić information content (AvgIpc) is 2.15. The number of benzene rings is 1. The minimum atomic E-state index is -3.07. The molecule has 0 aromatic heterocycles. The second-order valence-corrected chi connectivity index (χ2v) is 5.97. The van der Waals surface area contributed by atoms with Gasteiger partial charge in [0, 0.05) is 4.47 Å². The molecule has 14 heavy (non-hydrogen) atoms. The van der Waals surface area contributed by atoms with Crippen molar-refractivity contribution in [2.24, 2.45) is 0 Å². The Kier molecular flexibility index (Phi) is 3.95. The zero-order valence-corrected chi connectivity index (χ0v) is 10.1. The Morgan fingerprint density at radius 2 is 2.14 bits per heavy atom. The first kappa shape index (κ1) is 11.5. The minimum Gasteiger partial charge on any atom is -0.478 e. The Morgan fingerprint density at radius 3 is 2.71 bits per heavy atom. The molecule has 0 amide bonds. The van der Waals surface area contributed by atoms with E-state index >= 15 is 0 Å². The maximum Gasteiger partial charge on any atom is 0.189 e. The van der Waals surface area contributed by atoms with Crippen molar-refractivity contribution < 1.29 is 13.2 Å². The van der Waals surface area contributed by atoms with E-state index in [1.54, 1.807) is 25.1 Å². The molecule has 0 fully saturated rings. The summed E-state index contributed by atoms with van der Waals surface area (Å²) in [5.74, 6) is 0.387. The highest BCUT2D eigenvalue weighted by molar-refractivity contribution is 9.10. The van der Waals surface area contributed by atoms with Gasteiger partial charge in [-0.3, -0.25) is 0 Å². The monoisotopic (exact) mass is 278 g/mol. The summed E-state index contributed by atoms with van der Waals surface area (Å²) >= 11 is 3.27. The molecule has 0 radical (unpaired) electrons. The van der Waals surface area contributed by atoms with Gasteiger partial charge in [-0.25, -0.2) is 8.42 Å². The van der Waals surface area contributed by atoms with E-state index in [4.69, 9.17) is 4.74 Å². The van der Waals surface area contributed by atoms with Gasteiger partial charge in [0.05, 0.1) is 5.75 Å². The number of sulfone groups is 1. The maximum absolute atomic E-state index is 11.1. The molecule has 0 saturated carbocycles. The molecule has 1 aromatic rings. The lowest BCUT2D eigenvalue weighted by atomic mass is 10.3. The van der Waals surface area contributed by atoms with E-state index in [1.807, 2.05) is 6.07 Å². The second kappa shape index (κ2) is 4.79. The zero-order chi connectivity index (χ0) is 10.6. The number of halogens is 1. The van der Waals surface area contributed by atoms with Gasteiger partial charge in [0.15, 0.2) is 15.8 Å². The minimum absolute atomic E-state index is 0.0982. The highest BCUT2D eigenvalue weighted by Gasteiger charge is 2.07. The van der Waals surface area contributed by atoms with Crippen molar-refractivity contribution in [2.75, 3.05) is 11.7 Å². The smallest absolute Gasteiger partial charge is 0.189 e. The van der Waals surface area contributed by atoms with Crippen LogP contribution in [0.2, 0.25) is 0 Å². The quantitative estimate of drug-likeness (QED) is 0.848. The molecular formula is C9H11BrO3S. The normalized spacial score (nSPS) is 11.3. The number of ether oxygens (including phenoxy) is 1. The summed E-state index contributed by atoms with van der Waals surface area (Å²) < 4.78 is 28.2. The maximum atomic E-state index is 11.1. The van der Waals surface area contributed by atoms with Crippen molar-refractivity contribution in [1.82, 2.24) is 0 Å². The Hall–Kier alpha value is -0.550. The lowest BCUT2D eigenvalue weighted by Crippen LogP contribution is -2.13. The first-order valence-corrected chi connectivity index (χ1v) is 6.74. The summed E-state index contributed by atoms with van der Waals surface area (Å²) in [4.78, 5) is 0. The fraction of sp³-hybridized carbons (Fsp3) is 0.333. The van der Waals surface area contributed by atoms with Crippen molar-refractivity contribution in [2.45, 2.75) is 6.92 Å². The highest BCUT2D eigenvalue weighted by Crippen LogP contribution is 2.17. The van der Waals surface area contributed by atoms with Crippen LogP contribution < -0.4 is 4.74 Å². The third-order valence-corrected chi connectivity index (χ3v) is 3.49. The van der Waals surface area contributed by atoms with Crippen LogP contribution in [-0.2, 0) is 9.84 Å². The van der Waals surface area contributed by atoms with Crippen LogP contribution in [0.3, 0.4) is 0 Å². The summed E-state index contributed by atoms with van der Waals surface area (Å²) in [5, 5.41) is 0. The van der Waals surface area contributed by atoms with Crippen molar-refractivity contribution in [3.63, 3.8) is 0 Å². The molecule has 0 N–H and O–H groups in total. The number of rotatable bonds is 4. The molecule has 0 bridgehead atoms. The largest absolute Gasteiger partial charge is 0.478 e. The van der Waals surface area contributed by atoms with Crippen molar-refractivity contribution in [1.29, 1.82) is 0 Å². The van der Waals surface area contributed by atoms with E-state index in [9.17, 15) is 8.42 Å². The van der Waals surface area contributed by atoms with E-state index in [1.165, 1.54) is 0 Å². The van der Waals surface area contributed by atoms with E-state index in [-0.39, 0.29) is 11.7 Å². The van der Waals surface area contributed by atoms with Gasteiger partial charge in [-0.15, -0.1) is 0 Å². The molecule has 78 valence electrons. The molecule has 0 unspecified atom stereocenters. The van der Waals surface area contributed by atoms with Crippen molar-refractivity contribution in [3.8, 4) is 5.75 Å². The van der Waals surface area contributed by atoms with Crippen LogP contribution in [0, 0.1) is 0 Å². The topological polar surface area (TPSA) is 43.4 Å². The van der Waals surface area contributed by atoms with Gasteiger partial charge < -0.3 is 4.74 Å². The van der Waals surface area contributed by atoms with E-state index < -0.39 is 9.84 Å². The van der Waals surface area contributed by atoms with Crippen LogP contribution in [0.25, 0.3) is 0 Å². The Bertz CT molecular complexity index is 400. The molecule has 0 spiro atoms. The van der Waals surface area contributed by atoms with Gasteiger partial charge in [-0.05, 0) is 18.2 Å². The lowest BCUT2D eigenvalue weighted by molar-refractivity contribution is 0.376. The molecule has 3 nitrogen and oxygen atoms in total. The summed E-state index contributed by atoms with van der Waals surface area (Å²) in [6.07, 6.45) is 0. The van der Waals surface area contributed by atoms with Crippen LogP contribution in [0.1, 0.15) is 6.92 Å². The van der Waals surface area contributed by atoms with Gasteiger partial charge in [-0.1, -0.05) is 28.9 Å². The van der Waals surface area contributed by atoms with Gasteiger partial charge in [0.2, 0.25) is 0 Å². The molecule has 0 aliphatic rings. The van der Waals surface area contributed by atoms with E-state index in [0.29, 0.717) is 5.75 Å². The Balaban J connectivity index is 2.63. The summed E-state index contributed by atoms with van der Waals surface area (Å²) in [7, 11) is -3.07. The van der Waals surface area contributed by atoms with Gasteiger partial charge in [0.1, 0.15) is 5.75 Å². The summed E-state index contributed by atoms with van der Waals surface area (Å²) in [6, 6.07) is 7.08. The third kappa shape index (κ3) is 3.67. The number of hydrogen-bond acceptors (Lipinski definition) is 3. The Labute approximate surface area is 92.1 Å². The highest BCUT2D eigenvalue weighted by atomic mass is 79.9. The SMILES string of the molecule is CCS(=O)(=O)COc1cccc(Br)c1. The lowest BCUT2D eigenvalue weighted by Gasteiger charge is -2.05. The standard InChI is InChI=1S/C9H11BrO3S/c1-2-14(11,12)7-13-9-5-3-4-8(10)6-9/h3-6H,2,7H2,1H3. The second-order valence-electron chi connectivity index (χ2n) is 2.75. The van der Waals surface area contributed by atoms with E-state index in [2.05, 4.69) is 15.9 Å². The zero-order valence-electron chi connectivity index (χ0n) is 7.73. The molecule has 0 aliphatic heterocycles.